The van der Waals surface area contributed by atoms with Crippen LogP contribution in [0.3, 0.4) is 0 Å². The molecule has 94 valence electrons. The van der Waals surface area contributed by atoms with E-state index in [9.17, 15) is 4.79 Å². The van der Waals surface area contributed by atoms with E-state index >= 15 is 0 Å². The van der Waals surface area contributed by atoms with Gasteiger partial charge in [0.05, 0.1) is 0 Å². The van der Waals surface area contributed by atoms with Crippen molar-refractivity contribution in [3.63, 3.8) is 0 Å². The normalized spacial score (nSPS) is 10.5. The lowest BCUT2D eigenvalue weighted by molar-refractivity contribution is -0.143. The zero-order valence-electron chi connectivity index (χ0n) is 10.9. The molecular weight excluding hydrogens is 202 g/mol. The fourth-order valence-corrected chi connectivity index (χ4v) is 1.35. The summed E-state index contributed by atoms with van der Waals surface area (Å²) in [6.07, 6.45) is 4.07. The van der Waals surface area contributed by atoms with Gasteiger partial charge in [0.2, 0.25) is 0 Å². The molecule has 0 aliphatic carbocycles. The Kier molecular flexibility index (Phi) is 8.91. The molecule has 0 bridgehead atoms. The van der Waals surface area contributed by atoms with Crippen LogP contribution in [-0.2, 0) is 9.53 Å². The monoisotopic (exact) mass is 227 g/mol. The summed E-state index contributed by atoms with van der Waals surface area (Å²) in [4.78, 5) is 13.6. The molecule has 0 heterocycles. The lowest BCUT2D eigenvalue weighted by atomic mass is 10.1. The Morgan fingerprint density at radius 2 is 1.81 bits per heavy atom. The first-order valence-electron chi connectivity index (χ1n) is 6.22. The van der Waals surface area contributed by atoms with Crippen molar-refractivity contribution in [1.29, 1.82) is 0 Å². The number of carbonyl (C=O) groups excluding carboxylic acids is 1. The van der Waals surface area contributed by atoms with Gasteiger partial charge in [-0.1, -0.05) is 40.2 Å². The average molecular weight is 227 g/mol. The zero-order chi connectivity index (χ0) is 12.4. The quantitative estimate of drug-likeness (QED) is 0.262. The molecule has 0 aliphatic rings. The van der Waals surface area contributed by atoms with Crippen LogP contribution in [0.1, 0.15) is 46.5 Å². The number of carbonyl (C=O) groups is 1. The van der Waals surface area contributed by atoms with Gasteiger partial charge in [-0.15, -0.1) is 0 Å². The number of nitrogens with zero attached hydrogens (tertiary/aromatic N) is 1. The fraction of sp³-hybridized carbons (Fsp3) is 0.769. The lowest BCUT2D eigenvalue weighted by Gasteiger charge is -2.17. The summed E-state index contributed by atoms with van der Waals surface area (Å²) >= 11 is 0. The third-order valence-corrected chi connectivity index (χ3v) is 2.64. The minimum Gasteiger partial charge on any atom is -0.446 e. The van der Waals surface area contributed by atoms with Crippen LogP contribution in [0.15, 0.2) is 12.2 Å². The molecule has 3 nitrogen and oxygen atoms in total. The molecule has 0 unspecified atom stereocenters. The Balaban J connectivity index is 3.74. The maximum absolute atomic E-state index is 11.5. The van der Waals surface area contributed by atoms with Gasteiger partial charge >= 0.3 is 5.97 Å². The molecule has 0 aliphatic heterocycles. The Labute approximate surface area is 99.5 Å². The topological polar surface area (TPSA) is 29.5 Å². The maximum atomic E-state index is 11.5. The zero-order valence-corrected chi connectivity index (χ0v) is 10.9. The molecule has 0 N–H and O–H groups in total. The van der Waals surface area contributed by atoms with E-state index in [0.29, 0.717) is 12.3 Å². The van der Waals surface area contributed by atoms with E-state index in [1.165, 1.54) is 0 Å². The molecular formula is C13H25NO2. The third-order valence-electron chi connectivity index (χ3n) is 2.64. The van der Waals surface area contributed by atoms with Crippen LogP contribution in [0.4, 0.5) is 0 Å². The highest BCUT2D eigenvalue weighted by molar-refractivity contribution is 5.87. The molecule has 0 fully saturated rings. The van der Waals surface area contributed by atoms with E-state index < -0.39 is 0 Å². The van der Waals surface area contributed by atoms with E-state index in [2.05, 4.69) is 18.4 Å². The maximum Gasteiger partial charge on any atom is 0.334 e. The number of hydrogen-bond donors (Lipinski definition) is 0. The number of esters is 1. The molecule has 0 saturated carbocycles. The molecule has 16 heavy (non-hydrogen) atoms. The molecule has 0 saturated heterocycles. The summed E-state index contributed by atoms with van der Waals surface area (Å²) in [7, 11) is 0. The number of rotatable bonds is 9. The molecule has 0 radical (unpaired) electrons. The van der Waals surface area contributed by atoms with Crippen molar-refractivity contribution in [2.45, 2.75) is 46.5 Å². The summed E-state index contributed by atoms with van der Waals surface area (Å²) in [5.41, 5.74) is 0.598. The molecule has 0 aromatic rings. The van der Waals surface area contributed by atoms with Gasteiger partial charge in [0.25, 0.3) is 0 Å². The Morgan fingerprint density at radius 1 is 1.19 bits per heavy atom. The molecule has 0 atom stereocenters. The van der Waals surface area contributed by atoms with Gasteiger partial charge in [-0.05, 0) is 25.9 Å². The molecule has 0 spiro atoms. The summed E-state index contributed by atoms with van der Waals surface area (Å²) in [6, 6.07) is 0. The van der Waals surface area contributed by atoms with E-state index in [-0.39, 0.29) is 5.97 Å². The second-order valence-corrected chi connectivity index (χ2v) is 3.92. The summed E-state index contributed by atoms with van der Waals surface area (Å²) in [6.45, 7) is 12.2. The summed E-state index contributed by atoms with van der Waals surface area (Å²) in [5.74, 6) is -0.247. The van der Waals surface area contributed by atoms with Crippen molar-refractivity contribution in [3.05, 3.63) is 12.2 Å². The number of ether oxygens (including phenoxy) is 1. The summed E-state index contributed by atoms with van der Waals surface area (Å²) < 4.78 is 5.17. The predicted octanol–water partition coefficient (Wildman–Crippen LogP) is 2.97. The van der Waals surface area contributed by atoms with Gasteiger partial charge in [0, 0.05) is 5.57 Å². The Hall–Kier alpha value is -0.830. The highest BCUT2D eigenvalue weighted by Crippen LogP contribution is 2.08. The van der Waals surface area contributed by atoms with Crippen LogP contribution in [-0.4, -0.2) is 30.7 Å². The van der Waals surface area contributed by atoms with Crippen LogP contribution >= 0.6 is 0 Å². The highest BCUT2D eigenvalue weighted by atomic mass is 16.5. The first-order valence-corrected chi connectivity index (χ1v) is 6.22. The summed E-state index contributed by atoms with van der Waals surface area (Å²) in [5, 5.41) is 0. The first-order chi connectivity index (χ1) is 7.65. The Morgan fingerprint density at radius 3 is 2.31 bits per heavy atom. The minimum absolute atomic E-state index is 0.247. The van der Waals surface area contributed by atoms with Gasteiger partial charge < -0.3 is 4.74 Å². The first kappa shape index (κ1) is 15.2. The van der Waals surface area contributed by atoms with Crippen molar-refractivity contribution in [2.75, 3.05) is 19.8 Å². The number of hydrogen-bond acceptors (Lipinski definition) is 3. The smallest absolute Gasteiger partial charge is 0.334 e. The van der Waals surface area contributed by atoms with Crippen LogP contribution in [0.5, 0.6) is 0 Å². The van der Waals surface area contributed by atoms with Crippen molar-refractivity contribution in [2.24, 2.45) is 0 Å². The van der Waals surface area contributed by atoms with E-state index in [0.717, 1.165) is 38.8 Å². The molecule has 0 rings (SSSR count). The standard InChI is InChI=1S/C13H25NO2/c1-5-8-9-10-12(4)13(15)16-11-14(6-2)7-3/h4-11H2,1-3H3. The van der Waals surface area contributed by atoms with Gasteiger partial charge in [-0.25, -0.2) is 4.79 Å². The Bertz CT molecular complexity index is 210. The second-order valence-electron chi connectivity index (χ2n) is 3.92. The third kappa shape index (κ3) is 6.62. The fourth-order valence-electron chi connectivity index (χ4n) is 1.35. The molecule has 3 heteroatoms. The number of unbranched alkanes of at least 4 members (excludes halogenated alkanes) is 2. The van der Waals surface area contributed by atoms with E-state index in [4.69, 9.17) is 4.74 Å². The van der Waals surface area contributed by atoms with Crippen LogP contribution < -0.4 is 0 Å². The van der Waals surface area contributed by atoms with Gasteiger partial charge in [0.15, 0.2) is 0 Å². The largest absolute Gasteiger partial charge is 0.446 e. The van der Waals surface area contributed by atoms with Crippen LogP contribution in [0, 0.1) is 0 Å². The van der Waals surface area contributed by atoms with Gasteiger partial charge in [0.1, 0.15) is 6.73 Å². The van der Waals surface area contributed by atoms with E-state index in [1.807, 2.05) is 13.8 Å². The van der Waals surface area contributed by atoms with Crippen LogP contribution in [0.25, 0.3) is 0 Å². The van der Waals surface area contributed by atoms with Gasteiger partial charge in [-0.2, -0.15) is 0 Å². The van der Waals surface area contributed by atoms with Crippen molar-refractivity contribution < 1.29 is 9.53 Å². The van der Waals surface area contributed by atoms with Crippen LogP contribution in [0.2, 0.25) is 0 Å². The average Bonchev–Trinajstić information content (AvgIpc) is 2.30. The van der Waals surface area contributed by atoms with E-state index in [1.54, 1.807) is 0 Å². The highest BCUT2D eigenvalue weighted by Gasteiger charge is 2.09. The minimum atomic E-state index is -0.247. The second kappa shape index (κ2) is 9.40. The molecule has 0 amide bonds. The van der Waals surface area contributed by atoms with Crippen molar-refractivity contribution in [1.82, 2.24) is 4.90 Å². The van der Waals surface area contributed by atoms with Crippen molar-refractivity contribution in [3.8, 4) is 0 Å². The molecule has 0 aromatic heterocycles. The van der Waals surface area contributed by atoms with Crippen molar-refractivity contribution >= 4 is 5.97 Å². The molecule has 0 aromatic carbocycles. The van der Waals surface area contributed by atoms with Gasteiger partial charge in [-0.3, -0.25) is 4.90 Å². The predicted molar refractivity (Wildman–Crippen MR) is 67.2 cm³/mol. The SMILES string of the molecule is C=C(CCCCC)C(=O)OCN(CC)CC. The lowest BCUT2D eigenvalue weighted by Crippen LogP contribution is -2.27.